The Morgan fingerprint density at radius 2 is 1.02 bits per heavy atom. The smallest absolute Gasteiger partial charge is 0.243 e. The van der Waals surface area contributed by atoms with E-state index in [0.29, 0.717) is 12.1 Å². The van der Waals surface area contributed by atoms with Gasteiger partial charge < -0.3 is 20.6 Å². The molecular formula is C37H43NO4P+. The topological polar surface area (TPSA) is 89.8 Å². The fraction of sp³-hybridized carbons (Fsp3) is 0.270. The van der Waals surface area contributed by atoms with Crippen LogP contribution in [0.25, 0.3) is 6.08 Å². The molecule has 0 atom stereocenters. The van der Waals surface area contributed by atoms with Crippen molar-refractivity contribution in [3.05, 3.63) is 115 Å². The number of carbonyl (C=O) groups excluding carboxylic acids is 1. The molecule has 0 aliphatic carbocycles. The Morgan fingerprint density at radius 1 is 0.605 bits per heavy atom. The van der Waals surface area contributed by atoms with Crippen LogP contribution < -0.4 is 21.2 Å². The fourth-order valence-electron chi connectivity index (χ4n) is 5.58. The van der Waals surface area contributed by atoms with Crippen LogP contribution in [0.5, 0.6) is 17.2 Å². The van der Waals surface area contributed by atoms with Gasteiger partial charge >= 0.3 is 0 Å². The van der Waals surface area contributed by atoms with Gasteiger partial charge in [0, 0.05) is 12.6 Å². The Labute approximate surface area is 256 Å². The first-order valence-corrected chi connectivity index (χ1v) is 17.2. The molecule has 5 nitrogen and oxygen atoms in total. The van der Waals surface area contributed by atoms with Crippen LogP contribution in [0.2, 0.25) is 0 Å². The molecule has 0 spiro atoms. The fourth-order valence-corrected chi connectivity index (χ4v) is 9.99. The summed E-state index contributed by atoms with van der Waals surface area (Å²) in [6, 6.07) is 35.9. The molecule has 0 saturated heterocycles. The van der Waals surface area contributed by atoms with E-state index in [2.05, 4.69) is 96.3 Å². The van der Waals surface area contributed by atoms with Gasteiger partial charge in [-0.2, -0.15) is 0 Å². The molecule has 0 aromatic heterocycles. The molecule has 6 heteroatoms. The SMILES string of the molecule is O=C(C=Cc1cc(O)c(O)c(O)c1)NCCCCCCCCCC[P+](c1ccccc1)(c1ccccc1)c1ccccc1. The van der Waals surface area contributed by atoms with Crippen LogP contribution in [-0.4, -0.2) is 33.9 Å². The van der Waals surface area contributed by atoms with E-state index >= 15 is 0 Å². The molecule has 43 heavy (non-hydrogen) atoms. The summed E-state index contributed by atoms with van der Waals surface area (Å²) in [7, 11) is -1.74. The number of hydrogen-bond donors (Lipinski definition) is 4. The molecule has 0 heterocycles. The van der Waals surface area contributed by atoms with Crippen molar-refractivity contribution in [1.82, 2.24) is 5.32 Å². The quantitative estimate of drug-likeness (QED) is 0.0483. The first kappa shape index (κ1) is 31.8. The van der Waals surface area contributed by atoms with E-state index in [1.165, 1.54) is 78.5 Å². The lowest BCUT2D eigenvalue weighted by atomic mass is 10.1. The number of hydrogen-bond acceptors (Lipinski definition) is 4. The summed E-state index contributed by atoms with van der Waals surface area (Å²) in [5.41, 5.74) is 0.427. The van der Waals surface area contributed by atoms with Crippen LogP contribution in [0.4, 0.5) is 0 Å². The number of nitrogens with one attached hydrogen (secondary N) is 1. The molecule has 224 valence electrons. The normalized spacial score (nSPS) is 11.5. The summed E-state index contributed by atoms with van der Waals surface area (Å²) in [4.78, 5) is 12.1. The van der Waals surface area contributed by atoms with Gasteiger partial charge in [0.2, 0.25) is 5.91 Å². The van der Waals surface area contributed by atoms with Gasteiger partial charge in [0.15, 0.2) is 17.2 Å². The number of aromatic hydroxyl groups is 3. The van der Waals surface area contributed by atoms with Crippen molar-refractivity contribution in [2.45, 2.75) is 51.4 Å². The third-order valence-electron chi connectivity index (χ3n) is 7.83. The van der Waals surface area contributed by atoms with Gasteiger partial charge in [-0.15, -0.1) is 0 Å². The predicted octanol–water partition coefficient (Wildman–Crippen LogP) is 7.05. The number of benzene rings is 4. The molecule has 4 aromatic rings. The van der Waals surface area contributed by atoms with Gasteiger partial charge in [-0.3, -0.25) is 4.79 Å². The van der Waals surface area contributed by atoms with Crippen LogP contribution in [-0.2, 0) is 4.79 Å². The van der Waals surface area contributed by atoms with Crippen molar-refractivity contribution in [3.8, 4) is 17.2 Å². The molecule has 0 fully saturated rings. The van der Waals surface area contributed by atoms with Crippen molar-refractivity contribution in [3.63, 3.8) is 0 Å². The molecule has 0 unspecified atom stereocenters. The second kappa shape index (κ2) is 16.5. The summed E-state index contributed by atoms with van der Waals surface area (Å²) >= 11 is 0. The number of carbonyl (C=O) groups is 1. The molecule has 0 aliphatic rings. The van der Waals surface area contributed by atoms with Gasteiger partial charge in [-0.05, 0) is 79.4 Å². The van der Waals surface area contributed by atoms with E-state index < -0.39 is 24.5 Å². The Bertz CT molecular complexity index is 1320. The molecule has 0 bridgehead atoms. The number of amides is 1. The van der Waals surface area contributed by atoms with Crippen LogP contribution in [0, 0.1) is 0 Å². The summed E-state index contributed by atoms with van der Waals surface area (Å²) in [6.07, 6.45) is 13.3. The predicted molar refractivity (Wildman–Crippen MR) is 180 cm³/mol. The van der Waals surface area contributed by atoms with Gasteiger partial charge in [-0.1, -0.05) is 86.7 Å². The second-order valence-corrected chi connectivity index (χ2v) is 14.5. The zero-order valence-corrected chi connectivity index (χ0v) is 25.6. The average Bonchev–Trinajstić information content (AvgIpc) is 3.04. The van der Waals surface area contributed by atoms with E-state index in [-0.39, 0.29) is 5.91 Å². The van der Waals surface area contributed by atoms with Crippen molar-refractivity contribution in [2.75, 3.05) is 12.7 Å². The van der Waals surface area contributed by atoms with Crippen LogP contribution in [0.1, 0.15) is 56.9 Å². The highest BCUT2D eigenvalue weighted by atomic mass is 31.2. The first-order chi connectivity index (χ1) is 21.0. The van der Waals surface area contributed by atoms with Gasteiger partial charge in [0.05, 0.1) is 6.16 Å². The first-order valence-electron chi connectivity index (χ1n) is 15.3. The molecule has 0 radical (unpaired) electrons. The Morgan fingerprint density at radius 3 is 1.49 bits per heavy atom. The molecular weight excluding hydrogens is 553 g/mol. The van der Waals surface area contributed by atoms with Crippen LogP contribution >= 0.6 is 7.26 Å². The monoisotopic (exact) mass is 596 g/mol. The highest BCUT2D eigenvalue weighted by molar-refractivity contribution is 7.95. The minimum Gasteiger partial charge on any atom is -0.504 e. The van der Waals surface area contributed by atoms with Crippen LogP contribution in [0.3, 0.4) is 0 Å². The summed E-state index contributed by atoms with van der Waals surface area (Å²) in [5, 5.41) is 35.8. The van der Waals surface area contributed by atoms with Gasteiger partial charge in [0.25, 0.3) is 0 Å². The number of phenolic OH excluding ortho intramolecular Hbond substituents is 3. The third kappa shape index (κ3) is 8.95. The minimum atomic E-state index is -1.74. The van der Waals surface area contributed by atoms with Gasteiger partial charge in [0.1, 0.15) is 23.2 Å². The third-order valence-corrected chi connectivity index (χ3v) is 12.4. The molecule has 4 aromatic carbocycles. The lowest BCUT2D eigenvalue weighted by Gasteiger charge is -2.27. The Balaban J connectivity index is 1.17. The number of unbranched alkanes of at least 4 members (excludes halogenated alkanes) is 7. The van der Waals surface area contributed by atoms with Crippen molar-refractivity contribution in [2.24, 2.45) is 0 Å². The maximum atomic E-state index is 12.1. The lowest BCUT2D eigenvalue weighted by molar-refractivity contribution is -0.116. The van der Waals surface area contributed by atoms with E-state index in [0.717, 1.165) is 19.3 Å². The zero-order valence-electron chi connectivity index (χ0n) is 24.7. The van der Waals surface area contributed by atoms with Crippen molar-refractivity contribution >= 4 is 35.2 Å². The van der Waals surface area contributed by atoms with Crippen molar-refractivity contribution in [1.29, 1.82) is 0 Å². The maximum absolute atomic E-state index is 12.1. The Hall–Kier alpha value is -4.08. The number of phenols is 3. The average molecular weight is 597 g/mol. The van der Waals surface area contributed by atoms with E-state index in [4.69, 9.17) is 0 Å². The van der Waals surface area contributed by atoms with E-state index in [1.807, 2.05) is 0 Å². The molecule has 4 rings (SSSR count). The second-order valence-electron chi connectivity index (χ2n) is 10.9. The maximum Gasteiger partial charge on any atom is 0.243 e. The molecule has 0 saturated carbocycles. The van der Waals surface area contributed by atoms with E-state index in [1.54, 1.807) is 0 Å². The number of rotatable bonds is 16. The van der Waals surface area contributed by atoms with Crippen LogP contribution in [0.15, 0.2) is 109 Å². The summed E-state index contributed by atoms with van der Waals surface area (Å²) < 4.78 is 0. The highest BCUT2D eigenvalue weighted by Gasteiger charge is 2.44. The molecule has 4 N–H and O–H groups in total. The zero-order chi connectivity index (χ0) is 30.3. The molecule has 0 aliphatic heterocycles. The summed E-state index contributed by atoms with van der Waals surface area (Å²) in [5.74, 6) is -1.66. The van der Waals surface area contributed by atoms with Gasteiger partial charge in [-0.25, -0.2) is 0 Å². The highest BCUT2D eigenvalue weighted by Crippen LogP contribution is 2.56. The minimum absolute atomic E-state index is 0.229. The van der Waals surface area contributed by atoms with E-state index in [9.17, 15) is 20.1 Å². The largest absolute Gasteiger partial charge is 0.504 e. The Kier molecular flexibility index (Phi) is 12.2. The summed E-state index contributed by atoms with van der Waals surface area (Å²) in [6.45, 7) is 0.611. The standard InChI is InChI=1S/C37H42NO4P/c39-34-28-30(29-35(40)37(34)42)24-25-36(41)38-26-16-5-3-1-2-4-6-17-27-43(31-18-10-7-11-19-31,32-20-12-8-13-21-32)33-22-14-9-15-23-33/h7-15,18-25,28-29H,1-6,16-17,26-27H2,(H3-,38,39,40,41,42)/p+1. The lowest BCUT2D eigenvalue weighted by Crippen LogP contribution is -2.33. The van der Waals surface area contributed by atoms with Crippen molar-refractivity contribution < 1.29 is 20.1 Å². The molecule has 1 amide bonds.